The van der Waals surface area contributed by atoms with Crippen molar-refractivity contribution < 1.29 is 18.8 Å². The molecule has 1 aliphatic heterocycles. The van der Waals surface area contributed by atoms with Crippen molar-refractivity contribution in [3.63, 3.8) is 0 Å². The lowest BCUT2D eigenvalue weighted by Gasteiger charge is -2.34. The predicted molar refractivity (Wildman–Crippen MR) is 166 cm³/mol. The molecule has 2 aromatic carbocycles. The number of hydrogen-bond donors (Lipinski definition) is 1. The van der Waals surface area contributed by atoms with E-state index in [4.69, 9.17) is 25.6 Å². The molecule has 42 heavy (non-hydrogen) atoms. The summed E-state index contributed by atoms with van der Waals surface area (Å²) in [5.74, 6) is 1.75. The van der Waals surface area contributed by atoms with Gasteiger partial charge in [-0.1, -0.05) is 53.2 Å². The van der Waals surface area contributed by atoms with Gasteiger partial charge in [0, 0.05) is 42.7 Å². The van der Waals surface area contributed by atoms with Crippen molar-refractivity contribution in [3.8, 4) is 22.3 Å². The quantitative estimate of drug-likeness (QED) is 0.187. The molecule has 0 aliphatic carbocycles. The number of likely N-dealkylation sites (tertiary alicyclic amines) is 1. The molecule has 0 bridgehead atoms. The highest BCUT2D eigenvalue weighted by molar-refractivity contribution is 7.19. The molecular weight excluding hydrogens is 572 g/mol. The van der Waals surface area contributed by atoms with E-state index < -0.39 is 6.09 Å². The normalized spacial score (nSPS) is 14.5. The van der Waals surface area contributed by atoms with E-state index in [0.717, 1.165) is 47.3 Å². The summed E-state index contributed by atoms with van der Waals surface area (Å²) < 4.78 is 20.4. The molecule has 0 atom stereocenters. The maximum absolute atomic E-state index is 13.1. The molecule has 10 heteroatoms. The smallest absolute Gasteiger partial charge is 0.414 e. The van der Waals surface area contributed by atoms with Crippen LogP contribution in [0, 0.1) is 0 Å². The fourth-order valence-corrected chi connectivity index (χ4v) is 6.30. The number of rotatable bonds is 9. The number of fused-ring (bicyclic) bond motifs is 1. The Hall–Kier alpha value is -3.79. The maximum atomic E-state index is 13.1. The van der Waals surface area contributed by atoms with Crippen molar-refractivity contribution >= 4 is 39.9 Å². The summed E-state index contributed by atoms with van der Waals surface area (Å²) in [6.07, 6.45) is 1.31. The molecule has 1 fully saturated rings. The third kappa shape index (κ3) is 6.48. The summed E-state index contributed by atoms with van der Waals surface area (Å²) >= 11 is 7.55. The van der Waals surface area contributed by atoms with Gasteiger partial charge in [-0.2, -0.15) is 0 Å². The van der Waals surface area contributed by atoms with E-state index in [1.807, 2.05) is 77.4 Å². The number of nitrogens with zero attached hydrogens (tertiary/aromatic N) is 3. The minimum absolute atomic E-state index is 0.0748. The summed E-state index contributed by atoms with van der Waals surface area (Å²) in [5, 5.41) is 8.21. The van der Waals surface area contributed by atoms with Crippen LogP contribution in [0.1, 0.15) is 37.9 Å². The number of carbonyl (C=O) groups is 1. The third-order valence-electron chi connectivity index (χ3n) is 7.58. The average molecular weight is 605 g/mol. The van der Waals surface area contributed by atoms with E-state index in [-0.39, 0.29) is 6.04 Å². The number of amides is 1. The van der Waals surface area contributed by atoms with Crippen LogP contribution in [0.4, 0.5) is 4.79 Å². The van der Waals surface area contributed by atoms with Gasteiger partial charge in [-0.15, -0.1) is 11.3 Å². The van der Waals surface area contributed by atoms with Crippen LogP contribution in [-0.4, -0.2) is 45.9 Å². The second kappa shape index (κ2) is 12.6. The summed E-state index contributed by atoms with van der Waals surface area (Å²) in [7, 11) is 0. The van der Waals surface area contributed by atoms with E-state index in [0.29, 0.717) is 46.6 Å². The summed E-state index contributed by atoms with van der Waals surface area (Å²) in [6.45, 7) is 7.07. The third-order valence-corrected chi connectivity index (χ3v) is 8.82. The zero-order valence-electron chi connectivity index (χ0n) is 23.6. The first-order valence-corrected chi connectivity index (χ1v) is 15.3. The van der Waals surface area contributed by atoms with Crippen molar-refractivity contribution in [2.24, 2.45) is 0 Å². The largest absolute Gasteiger partial charge is 0.488 e. The fraction of sp³-hybridized carbons (Fsp3) is 0.312. The van der Waals surface area contributed by atoms with Gasteiger partial charge in [0.25, 0.3) is 0 Å². The number of nitrogens with one attached hydrogen (secondary N) is 1. The number of hydrogen-bond acceptors (Lipinski definition) is 7. The zero-order valence-corrected chi connectivity index (χ0v) is 25.2. The highest BCUT2D eigenvalue weighted by Crippen LogP contribution is 2.35. The number of aromatic nitrogens is 2. The minimum atomic E-state index is -0.470. The van der Waals surface area contributed by atoms with Crippen LogP contribution in [0.15, 0.2) is 77.3 Å². The van der Waals surface area contributed by atoms with Gasteiger partial charge >= 0.3 is 6.09 Å². The molecule has 1 N–H and O–H groups in total. The average Bonchev–Trinajstić information content (AvgIpc) is 3.72. The van der Waals surface area contributed by atoms with Crippen LogP contribution >= 0.6 is 22.9 Å². The van der Waals surface area contributed by atoms with E-state index in [1.165, 1.54) is 11.3 Å². The predicted octanol–water partition coefficient (Wildman–Crippen LogP) is 7.60. The Kier molecular flexibility index (Phi) is 8.51. The number of benzene rings is 2. The Morgan fingerprint density at radius 2 is 1.90 bits per heavy atom. The van der Waals surface area contributed by atoms with Crippen molar-refractivity contribution in [1.29, 1.82) is 0 Å². The number of piperidine rings is 1. The van der Waals surface area contributed by atoms with Gasteiger partial charge < -0.3 is 28.8 Å². The Labute approximate surface area is 253 Å². The lowest BCUT2D eigenvalue weighted by atomic mass is 10.0. The highest BCUT2D eigenvalue weighted by Gasteiger charge is 2.24. The number of carbonyl (C=O) groups excluding carboxylic acids is 1. The summed E-state index contributed by atoms with van der Waals surface area (Å²) in [4.78, 5) is 16.4. The zero-order chi connectivity index (χ0) is 29.1. The van der Waals surface area contributed by atoms with Crippen LogP contribution in [-0.2, 0) is 13.2 Å². The van der Waals surface area contributed by atoms with Crippen molar-refractivity contribution in [2.45, 2.75) is 51.9 Å². The first-order chi connectivity index (χ1) is 20.4. The van der Waals surface area contributed by atoms with Crippen LogP contribution in [0.3, 0.4) is 0 Å². The van der Waals surface area contributed by atoms with E-state index >= 15 is 0 Å². The first-order valence-electron chi connectivity index (χ1n) is 14.2. The first kappa shape index (κ1) is 28.3. The fourth-order valence-electron chi connectivity index (χ4n) is 5.30. The van der Waals surface area contributed by atoms with Crippen LogP contribution in [0.25, 0.3) is 21.5 Å². The highest BCUT2D eigenvalue weighted by atomic mass is 35.5. The molecule has 0 spiro atoms. The Bertz CT molecular complexity index is 1650. The van der Waals surface area contributed by atoms with Crippen molar-refractivity contribution in [2.75, 3.05) is 13.1 Å². The minimum Gasteiger partial charge on any atom is -0.488 e. The van der Waals surface area contributed by atoms with Gasteiger partial charge in [0.1, 0.15) is 18.1 Å². The molecule has 1 amide bonds. The maximum Gasteiger partial charge on any atom is 0.414 e. The summed E-state index contributed by atoms with van der Waals surface area (Å²) in [6, 6.07) is 23.9. The lowest BCUT2D eigenvalue weighted by Crippen LogP contribution is -2.47. The molecule has 0 radical (unpaired) electrons. The second-order valence-electron chi connectivity index (χ2n) is 10.8. The van der Waals surface area contributed by atoms with E-state index in [9.17, 15) is 4.79 Å². The lowest BCUT2D eigenvalue weighted by molar-refractivity contribution is 0.151. The number of halogens is 1. The van der Waals surface area contributed by atoms with Crippen molar-refractivity contribution in [3.05, 3.63) is 88.4 Å². The van der Waals surface area contributed by atoms with Gasteiger partial charge in [0.05, 0.1) is 21.3 Å². The molecule has 1 saturated heterocycles. The molecule has 0 saturated carbocycles. The molecule has 218 valence electrons. The monoisotopic (exact) mass is 604 g/mol. The molecule has 3 aromatic heterocycles. The van der Waals surface area contributed by atoms with Gasteiger partial charge in [0.15, 0.2) is 5.76 Å². The standard InChI is InChI=1S/C32H33ClN4O4S/c1-21(2)36-15-13-23(14-16-36)34-32(38)40-31-18-25-26(9-6-10-27(25)39-20-22-7-4-3-5-8-22)37(31)19-24-17-28(41-35-24)29-11-12-30(33)42-29/h3-12,17-18,21,23H,13-16,19-20H2,1-2H3,(H,34,38). The Morgan fingerprint density at radius 1 is 1.10 bits per heavy atom. The molecule has 5 aromatic rings. The Balaban J connectivity index is 1.26. The van der Waals surface area contributed by atoms with Crippen molar-refractivity contribution in [1.82, 2.24) is 19.9 Å². The molecule has 8 nitrogen and oxygen atoms in total. The van der Waals surface area contributed by atoms with Gasteiger partial charge in [-0.25, -0.2) is 4.79 Å². The number of ether oxygens (including phenoxy) is 2. The molecule has 6 rings (SSSR count). The van der Waals surface area contributed by atoms with Gasteiger partial charge in [-0.3, -0.25) is 0 Å². The molecule has 1 aliphatic rings. The van der Waals surface area contributed by atoms with Gasteiger partial charge in [-0.05, 0) is 56.5 Å². The molecule has 4 heterocycles. The molecular formula is C32H33ClN4O4S. The topological polar surface area (TPSA) is 81.8 Å². The molecule has 0 unspecified atom stereocenters. The van der Waals surface area contributed by atoms with E-state index in [1.54, 1.807) is 0 Å². The summed E-state index contributed by atoms with van der Waals surface area (Å²) in [5.41, 5.74) is 2.61. The van der Waals surface area contributed by atoms with E-state index in [2.05, 4.69) is 29.2 Å². The Morgan fingerprint density at radius 3 is 2.64 bits per heavy atom. The number of thiophene rings is 1. The second-order valence-corrected chi connectivity index (χ2v) is 12.5. The van der Waals surface area contributed by atoms with Crippen LogP contribution in [0.5, 0.6) is 11.6 Å². The SMILES string of the molecule is CC(C)N1CCC(NC(=O)Oc2cc3c(OCc4ccccc4)cccc3n2Cc2cc(-c3ccc(Cl)s3)on2)CC1. The van der Waals surface area contributed by atoms with Crippen LogP contribution in [0.2, 0.25) is 4.34 Å². The van der Waals surface area contributed by atoms with Crippen LogP contribution < -0.4 is 14.8 Å². The van der Waals surface area contributed by atoms with Gasteiger partial charge in [0.2, 0.25) is 5.88 Å².